The summed E-state index contributed by atoms with van der Waals surface area (Å²) in [6.45, 7) is 0. The summed E-state index contributed by atoms with van der Waals surface area (Å²) in [7, 11) is 0. The second-order valence-corrected chi connectivity index (χ2v) is 5.62. The number of nitrogens with zero attached hydrogens (tertiary/aromatic N) is 1. The number of carbonyl (C=O) groups excluding carboxylic acids is 1. The summed E-state index contributed by atoms with van der Waals surface area (Å²) in [5, 5.41) is 11.6. The van der Waals surface area contributed by atoms with Crippen molar-refractivity contribution in [3.05, 3.63) is 59.7 Å². The van der Waals surface area contributed by atoms with Gasteiger partial charge in [0.1, 0.15) is 0 Å². The summed E-state index contributed by atoms with van der Waals surface area (Å²) in [6, 6.07) is 16.5. The van der Waals surface area contributed by atoms with Gasteiger partial charge in [-0.1, -0.05) is 0 Å². The topological polar surface area (TPSA) is 52.9 Å². The fourth-order valence-electron chi connectivity index (χ4n) is 1.66. The van der Waals surface area contributed by atoms with E-state index in [1.165, 1.54) is 0 Å². The summed E-state index contributed by atoms with van der Waals surface area (Å²) < 4.78 is 1.08. The minimum atomic E-state index is -0.107. The van der Waals surface area contributed by atoms with Crippen molar-refractivity contribution in [2.45, 2.75) is 5.82 Å². The second kappa shape index (κ2) is 6.19. The molecule has 0 saturated heterocycles. The van der Waals surface area contributed by atoms with Gasteiger partial charge >= 0.3 is 118 Å². The van der Waals surface area contributed by atoms with Crippen LogP contribution in [-0.2, 0) is 0 Å². The van der Waals surface area contributed by atoms with Crippen LogP contribution in [0.3, 0.4) is 0 Å². The van der Waals surface area contributed by atoms with Gasteiger partial charge in [-0.05, 0) is 0 Å². The van der Waals surface area contributed by atoms with Gasteiger partial charge in [-0.25, -0.2) is 0 Å². The van der Waals surface area contributed by atoms with E-state index in [0.29, 0.717) is 16.8 Å². The molecule has 94 valence electrons. The Bertz CT molecular complexity index is 629. The Labute approximate surface area is 118 Å². The molecule has 2 aromatic rings. The van der Waals surface area contributed by atoms with Crippen LogP contribution in [0, 0.1) is 11.3 Å². The monoisotopic (exact) mass is 316 g/mol. The third-order valence-corrected chi connectivity index (χ3v) is 4.29. The van der Waals surface area contributed by atoms with E-state index in [0.717, 1.165) is 4.46 Å². The SMILES string of the molecule is C[Se]c1ccccc1C(=O)Nc1ccc(C#N)cc1. The van der Waals surface area contributed by atoms with Gasteiger partial charge in [0.25, 0.3) is 0 Å². The molecule has 0 bridgehead atoms. The van der Waals surface area contributed by atoms with Crippen molar-refractivity contribution in [1.82, 2.24) is 0 Å². The van der Waals surface area contributed by atoms with Crippen LogP contribution in [0.15, 0.2) is 48.5 Å². The molecule has 0 aromatic heterocycles. The van der Waals surface area contributed by atoms with E-state index in [4.69, 9.17) is 5.26 Å². The molecule has 0 heterocycles. The molecule has 19 heavy (non-hydrogen) atoms. The van der Waals surface area contributed by atoms with E-state index in [9.17, 15) is 4.79 Å². The number of carbonyl (C=O) groups is 1. The normalized spacial score (nSPS) is 9.68. The minimum absolute atomic E-state index is 0.107. The van der Waals surface area contributed by atoms with Crippen LogP contribution in [0.4, 0.5) is 5.69 Å². The summed E-state index contributed by atoms with van der Waals surface area (Å²) in [5.41, 5.74) is 1.99. The first-order valence-electron chi connectivity index (χ1n) is 5.69. The number of amides is 1. The van der Waals surface area contributed by atoms with Gasteiger partial charge in [0.15, 0.2) is 0 Å². The Balaban J connectivity index is 2.18. The van der Waals surface area contributed by atoms with E-state index < -0.39 is 0 Å². The zero-order valence-corrected chi connectivity index (χ0v) is 12.1. The Kier molecular flexibility index (Phi) is 4.35. The summed E-state index contributed by atoms with van der Waals surface area (Å²) >= 11 is 0.276. The van der Waals surface area contributed by atoms with Crippen LogP contribution < -0.4 is 9.78 Å². The Hall–Kier alpha value is -2.08. The van der Waals surface area contributed by atoms with Crippen molar-refractivity contribution >= 4 is 31.0 Å². The predicted molar refractivity (Wildman–Crippen MR) is 76.8 cm³/mol. The molecular weight excluding hydrogens is 303 g/mol. The molecule has 0 fully saturated rings. The first kappa shape index (κ1) is 13.4. The summed E-state index contributed by atoms with van der Waals surface area (Å²) in [4.78, 5) is 12.2. The molecule has 0 saturated carbocycles. The number of rotatable bonds is 3. The standard InChI is InChI=1S/C15H12N2OSe/c1-19-14-5-3-2-4-13(14)15(18)17-12-8-6-11(10-16)7-9-12/h2-9H,1H3,(H,17,18). The van der Waals surface area contributed by atoms with Crippen LogP contribution in [0.5, 0.6) is 0 Å². The predicted octanol–water partition coefficient (Wildman–Crippen LogP) is 2.19. The molecule has 0 radical (unpaired) electrons. The zero-order chi connectivity index (χ0) is 13.7. The average molecular weight is 315 g/mol. The van der Waals surface area contributed by atoms with Crippen molar-refractivity contribution in [1.29, 1.82) is 5.26 Å². The first-order valence-corrected chi connectivity index (χ1v) is 8.26. The molecule has 0 spiro atoms. The fourth-order valence-corrected chi connectivity index (χ4v) is 2.91. The van der Waals surface area contributed by atoms with Crippen LogP contribution >= 0.6 is 0 Å². The van der Waals surface area contributed by atoms with Gasteiger partial charge in [0.2, 0.25) is 0 Å². The molecule has 3 nitrogen and oxygen atoms in total. The molecule has 1 amide bonds. The Morgan fingerprint density at radius 2 is 1.84 bits per heavy atom. The molecule has 0 aliphatic heterocycles. The number of hydrogen-bond acceptors (Lipinski definition) is 2. The Morgan fingerprint density at radius 3 is 2.47 bits per heavy atom. The van der Waals surface area contributed by atoms with E-state index in [-0.39, 0.29) is 20.9 Å². The van der Waals surface area contributed by atoms with E-state index in [1.54, 1.807) is 24.3 Å². The maximum absolute atomic E-state index is 12.2. The van der Waals surface area contributed by atoms with Gasteiger partial charge in [-0.2, -0.15) is 0 Å². The van der Waals surface area contributed by atoms with Gasteiger partial charge in [0.05, 0.1) is 0 Å². The summed E-state index contributed by atoms with van der Waals surface area (Å²) in [5.74, 6) is 1.98. The van der Waals surface area contributed by atoms with Crippen LogP contribution in [0.25, 0.3) is 0 Å². The van der Waals surface area contributed by atoms with Gasteiger partial charge < -0.3 is 0 Å². The van der Waals surface area contributed by atoms with Crippen molar-refractivity contribution in [3.63, 3.8) is 0 Å². The van der Waals surface area contributed by atoms with Gasteiger partial charge in [-0.15, -0.1) is 0 Å². The van der Waals surface area contributed by atoms with Crippen LogP contribution in [0.2, 0.25) is 5.82 Å². The van der Waals surface area contributed by atoms with Gasteiger partial charge in [0, 0.05) is 0 Å². The third-order valence-electron chi connectivity index (χ3n) is 2.62. The van der Waals surface area contributed by atoms with E-state index in [1.807, 2.05) is 30.3 Å². The molecule has 1 N–H and O–H groups in total. The first-order chi connectivity index (χ1) is 9.24. The number of anilines is 1. The molecule has 0 unspecified atom stereocenters. The van der Waals surface area contributed by atoms with Crippen molar-refractivity contribution in [2.24, 2.45) is 0 Å². The van der Waals surface area contributed by atoms with Gasteiger partial charge in [-0.3, -0.25) is 0 Å². The molecule has 4 heteroatoms. The second-order valence-electron chi connectivity index (χ2n) is 3.84. The molecule has 0 aliphatic rings. The molecule has 0 atom stereocenters. The van der Waals surface area contributed by atoms with Crippen LogP contribution in [0.1, 0.15) is 15.9 Å². The van der Waals surface area contributed by atoms with Crippen molar-refractivity contribution in [3.8, 4) is 6.07 Å². The average Bonchev–Trinajstić information content (AvgIpc) is 2.48. The number of benzene rings is 2. The van der Waals surface area contributed by atoms with Crippen molar-refractivity contribution < 1.29 is 4.79 Å². The number of nitrogens with one attached hydrogen (secondary N) is 1. The summed E-state index contributed by atoms with van der Waals surface area (Å²) in [6.07, 6.45) is 0. The van der Waals surface area contributed by atoms with E-state index in [2.05, 4.69) is 11.1 Å². The van der Waals surface area contributed by atoms with E-state index >= 15 is 0 Å². The fraction of sp³-hybridized carbons (Fsp3) is 0.0667. The zero-order valence-electron chi connectivity index (χ0n) is 10.4. The maximum atomic E-state index is 12.2. The number of hydrogen-bond donors (Lipinski definition) is 1. The third kappa shape index (κ3) is 3.23. The Morgan fingerprint density at radius 1 is 1.16 bits per heavy atom. The quantitative estimate of drug-likeness (QED) is 0.883. The molecule has 2 rings (SSSR count). The number of nitriles is 1. The molecular formula is C15H12N2OSe. The van der Waals surface area contributed by atoms with Crippen molar-refractivity contribution in [2.75, 3.05) is 5.32 Å². The van der Waals surface area contributed by atoms with Crippen LogP contribution in [-0.4, -0.2) is 20.9 Å². The molecule has 0 aliphatic carbocycles. The molecule has 2 aromatic carbocycles.